The molecule has 0 bridgehead atoms. The van der Waals surface area contributed by atoms with E-state index in [2.05, 4.69) is 11.0 Å². The third-order valence-electron chi connectivity index (χ3n) is 2.84. The average Bonchev–Trinajstić information content (AvgIpc) is 2.15. The van der Waals surface area contributed by atoms with Crippen molar-refractivity contribution in [1.29, 1.82) is 5.26 Å². The predicted molar refractivity (Wildman–Crippen MR) is 51.1 cm³/mol. The van der Waals surface area contributed by atoms with Crippen molar-refractivity contribution in [3.05, 3.63) is 0 Å². The number of likely N-dealkylation sites (N-methyl/N-ethyl adjacent to an activating group) is 1. The number of rotatable bonds is 3. The molecule has 0 aliphatic heterocycles. The zero-order chi connectivity index (χ0) is 9.68. The molecule has 2 atom stereocenters. The zero-order valence-corrected chi connectivity index (χ0v) is 8.24. The molecule has 1 N–H and O–H groups in total. The number of hydrogen-bond acceptors (Lipinski definition) is 3. The highest BCUT2D eigenvalue weighted by molar-refractivity contribution is 4.83. The number of nitriles is 1. The lowest BCUT2D eigenvalue weighted by Gasteiger charge is -2.34. The highest BCUT2D eigenvalue weighted by atomic mass is 16.3. The lowest BCUT2D eigenvalue weighted by Crippen LogP contribution is -2.43. The van der Waals surface area contributed by atoms with Crippen LogP contribution in [0.2, 0.25) is 0 Å². The Morgan fingerprint density at radius 1 is 1.46 bits per heavy atom. The van der Waals surface area contributed by atoms with Crippen LogP contribution < -0.4 is 0 Å². The van der Waals surface area contributed by atoms with Gasteiger partial charge in [-0.05, 0) is 19.9 Å². The van der Waals surface area contributed by atoms with Crippen molar-refractivity contribution in [3.63, 3.8) is 0 Å². The normalized spacial score (nSPS) is 28.8. The first-order valence-electron chi connectivity index (χ1n) is 5.01. The van der Waals surface area contributed by atoms with E-state index in [0.717, 1.165) is 25.8 Å². The maximum Gasteiger partial charge on any atom is 0.0695 e. The van der Waals surface area contributed by atoms with Gasteiger partial charge in [0, 0.05) is 19.0 Å². The Labute approximate surface area is 80.0 Å². The maximum atomic E-state index is 9.71. The Morgan fingerprint density at radius 2 is 2.15 bits per heavy atom. The second kappa shape index (κ2) is 5.21. The molecule has 0 radical (unpaired) electrons. The van der Waals surface area contributed by atoms with Crippen molar-refractivity contribution in [2.24, 2.45) is 0 Å². The van der Waals surface area contributed by atoms with Crippen molar-refractivity contribution < 1.29 is 5.11 Å². The SMILES string of the molecule is CN(CCC#N)C1CCCCC1O. The molecule has 0 amide bonds. The molecule has 3 nitrogen and oxygen atoms in total. The summed E-state index contributed by atoms with van der Waals surface area (Å²) in [6.07, 6.45) is 4.71. The van der Waals surface area contributed by atoms with Crippen molar-refractivity contribution in [1.82, 2.24) is 4.90 Å². The van der Waals surface area contributed by atoms with Crippen molar-refractivity contribution in [2.75, 3.05) is 13.6 Å². The van der Waals surface area contributed by atoms with E-state index in [1.165, 1.54) is 6.42 Å². The van der Waals surface area contributed by atoms with Gasteiger partial charge in [0.15, 0.2) is 0 Å². The first-order valence-corrected chi connectivity index (χ1v) is 5.01. The molecule has 0 aromatic rings. The smallest absolute Gasteiger partial charge is 0.0695 e. The van der Waals surface area contributed by atoms with E-state index in [-0.39, 0.29) is 12.1 Å². The largest absolute Gasteiger partial charge is 0.391 e. The van der Waals surface area contributed by atoms with E-state index >= 15 is 0 Å². The van der Waals surface area contributed by atoms with Gasteiger partial charge < -0.3 is 5.11 Å². The van der Waals surface area contributed by atoms with Crippen LogP contribution in [0.3, 0.4) is 0 Å². The van der Waals surface area contributed by atoms with E-state index in [0.29, 0.717) is 6.42 Å². The second-order valence-electron chi connectivity index (χ2n) is 3.81. The van der Waals surface area contributed by atoms with Gasteiger partial charge >= 0.3 is 0 Å². The van der Waals surface area contributed by atoms with Gasteiger partial charge in [0.25, 0.3) is 0 Å². The van der Waals surface area contributed by atoms with Gasteiger partial charge in [0.2, 0.25) is 0 Å². The van der Waals surface area contributed by atoms with Gasteiger partial charge in [0.05, 0.1) is 12.2 Å². The minimum Gasteiger partial charge on any atom is -0.391 e. The summed E-state index contributed by atoms with van der Waals surface area (Å²) < 4.78 is 0. The predicted octanol–water partition coefficient (Wildman–Crippen LogP) is 1.14. The standard InChI is InChI=1S/C10H18N2O/c1-12(8-4-7-11)9-5-2-3-6-10(9)13/h9-10,13H,2-6,8H2,1H3. The Balaban J connectivity index is 2.35. The molecular formula is C10H18N2O. The number of nitrogens with zero attached hydrogens (tertiary/aromatic N) is 2. The molecule has 1 fully saturated rings. The summed E-state index contributed by atoms with van der Waals surface area (Å²) >= 11 is 0. The summed E-state index contributed by atoms with van der Waals surface area (Å²) in [6, 6.07) is 2.41. The Bertz CT molecular complexity index is 188. The quantitative estimate of drug-likeness (QED) is 0.712. The molecule has 0 heterocycles. The van der Waals surface area contributed by atoms with Crippen LogP contribution >= 0.6 is 0 Å². The van der Waals surface area contributed by atoms with Crippen LogP contribution in [0.15, 0.2) is 0 Å². The third-order valence-corrected chi connectivity index (χ3v) is 2.84. The summed E-state index contributed by atoms with van der Waals surface area (Å²) in [5.41, 5.74) is 0. The van der Waals surface area contributed by atoms with Crippen LogP contribution in [0.5, 0.6) is 0 Å². The van der Waals surface area contributed by atoms with Crippen LogP contribution in [0.25, 0.3) is 0 Å². The van der Waals surface area contributed by atoms with Crippen LogP contribution in [-0.4, -0.2) is 35.7 Å². The monoisotopic (exact) mass is 182 g/mol. The highest BCUT2D eigenvalue weighted by Gasteiger charge is 2.25. The maximum absolute atomic E-state index is 9.71. The van der Waals surface area contributed by atoms with E-state index in [4.69, 9.17) is 5.26 Å². The zero-order valence-electron chi connectivity index (χ0n) is 8.24. The summed E-state index contributed by atoms with van der Waals surface area (Å²) in [6.45, 7) is 0.776. The van der Waals surface area contributed by atoms with Gasteiger partial charge in [0.1, 0.15) is 0 Å². The van der Waals surface area contributed by atoms with Crippen LogP contribution in [0, 0.1) is 11.3 Å². The summed E-state index contributed by atoms with van der Waals surface area (Å²) in [4.78, 5) is 2.12. The Hall–Kier alpha value is -0.590. The van der Waals surface area contributed by atoms with Gasteiger partial charge in [-0.2, -0.15) is 5.26 Å². The molecular weight excluding hydrogens is 164 g/mol. The number of hydrogen-bond donors (Lipinski definition) is 1. The molecule has 0 saturated heterocycles. The number of aliphatic hydroxyl groups is 1. The van der Waals surface area contributed by atoms with Gasteiger partial charge in [-0.15, -0.1) is 0 Å². The molecule has 0 spiro atoms. The fourth-order valence-electron chi connectivity index (χ4n) is 2.00. The number of aliphatic hydroxyl groups excluding tert-OH is 1. The van der Waals surface area contributed by atoms with E-state index in [1.54, 1.807) is 0 Å². The molecule has 1 aliphatic carbocycles. The van der Waals surface area contributed by atoms with E-state index in [1.807, 2.05) is 7.05 Å². The topological polar surface area (TPSA) is 47.3 Å². The summed E-state index contributed by atoms with van der Waals surface area (Å²) in [7, 11) is 2.00. The molecule has 0 aromatic carbocycles. The van der Waals surface area contributed by atoms with Gasteiger partial charge in [-0.3, -0.25) is 4.90 Å². The first-order chi connectivity index (χ1) is 6.25. The van der Waals surface area contributed by atoms with Crippen molar-refractivity contribution >= 4 is 0 Å². The average molecular weight is 182 g/mol. The van der Waals surface area contributed by atoms with Crippen LogP contribution in [0.1, 0.15) is 32.1 Å². The molecule has 1 saturated carbocycles. The van der Waals surface area contributed by atoms with Gasteiger partial charge in [-0.25, -0.2) is 0 Å². The van der Waals surface area contributed by atoms with E-state index < -0.39 is 0 Å². The molecule has 74 valence electrons. The van der Waals surface area contributed by atoms with Crippen LogP contribution in [-0.2, 0) is 0 Å². The molecule has 1 rings (SSSR count). The molecule has 13 heavy (non-hydrogen) atoms. The van der Waals surface area contributed by atoms with Crippen molar-refractivity contribution in [2.45, 2.75) is 44.2 Å². The summed E-state index contributed by atoms with van der Waals surface area (Å²) in [5.74, 6) is 0. The Kier molecular flexibility index (Phi) is 4.20. The molecule has 0 aromatic heterocycles. The fraction of sp³-hybridized carbons (Fsp3) is 0.900. The molecule has 1 aliphatic rings. The van der Waals surface area contributed by atoms with Crippen LogP contribution in [0.4, 0.5) is 0 Å². The minimum atomic E-state index is -0.183. The van der Waals surface area contributed by atoms with Crippen molar-refractivity contribution in [3.8, 4) is 6.07 Å². The second-order valence-corrected chi connectivity index (χ2v) is 3.81. The minimum absolute atomic E-state index is 0.183. The molecule has 2 unspecified atom stereocenters. The lowest BCUT2D eigenvalue weighted by atomic mass is 9.91. The first kappa shape index (κ1) is 10.5. The summed E-state index contributed by atoms with van der Waals surface area (Å²) in [5, 5.41) is 18.2. The Morgan fingerprint density at radius 3 is 2.77 bits per heavy atom. The van der Waals surface area contributed by atoms with Gasteiger partial charge in [-0.1, -0.05) is 12.8 Å². The van der Waals surface area contributed by atoms with E-state index in [9.17, 15) is 5.11 Å². The third kappa shape index (κ3) is 2.98. The highest BCUT2D eigenvalue weighted by Crippen LogP contribution is 2.22. The lowest BCUT2D eigenvalue weighted by molar-refractivity contribution is 0.0332. The molecule has 3 heteroatoms. The fourth-order valence-corrected chi connectivity index (χ4v) is 2.00.